The van der Waals surface area contributed by atoms with Gasteiger partial charge < -0.3 is 15.5 Å². The van der Waals surface area contributed by atoms with E-state index >= 15 is 0 Å². The standard InChI is InChI=1S/C32H40N6O5S/c1-23-12-18-37(19-13-23)32(41)29(38(27-10-16-34-17-11-27)31(40)25-8-14-33-15-9-25)21-35-30(39)22-36-44(42,43)28-7-6-24-4-2-3-5-26(24)20-28/h2-7,10-11,16-17,20,23,25,29,33,36H,8-9,12-15,18-19,21-22H2,1H3,(H,35,39). The van der Waals surface area contributed by atoms with Crippen LogP contribution in [-0.2, 0) is 24.4 Å². The van der Waals surface area contributed by atoms with Crippen LogP contribution in [0.5, 0.6) is 0 Å². The first-order chi connectivity index (χ1) is 21.2. The van der Waals surface area contributed by atoms with Gasteiger partial charge in [0.05, 0.1) is 11.4 Å². The number of aromatic nitrogens is 1. The topological polar surface area (TPSA) is 141 Å². The molecular formula is C32H40N6O5S. The summed E-state index contributed by atoms with van der Waals surface area (Å²) < 4.78 is 28.4. The number of sulfonamides is 1. The highest BCUT2D eigenvalue weighted by Gasteiger charge is 2.38. The van der Waals surface area contributed by atoms with Crippen LogP contribution in [0.1, 0.15) is 32.6 Å². The zero-order chi connectivity index (χ0) is 31.1. The van der Waals surface area contributed by atoms with Crippen LogP contribution in [0.3, 0.4) is 0 Å². The van der Waals surface area contributed by atoms with Crippen molar-refractivity contribution in [1.82, 2.24) is 25.2 Å². The number of likely N-dealkylation sites (tertiary alicyclic amines) is 1. The van der Waals surface area contributed by atoms with Crippen molar-refractivity contribution >= 4 is 44.2 Å². The van der Waals surface area contributed by atoms with E-state index in [1.807, 2.05) is 24.3 Å². The van der Waals surface area contributed by atoms with Gasteiger partial charge >= 0.3 is 0 Å². The third kappa shape index (κ3) is 7.61. The molecule has 2 aliphatic rings. The fraction of sp³-hybridized carbons (Fsp3) is 0.438. The number of nitrogens with one attached hydrogen (secondary N) is 3. The minimum Gasteiger partial charge on any atom is -0.352 e. The first kappa shape index (κ1) is 31.6. The van der Waals surface area contributed by atoms with Gasteiger partial charge in [-0.1, -0.05) is 37.3 Å². The van der Waals surface area contributed by atoms with Gasteiger partial charge in [0.2, 0.25) is 27.7 Å². The quantitative estimate of drug-likeness (QED) is 0.316. The average molecular weight is 621 g/mol. The third-order valence-electron chi connectivity index (χ3n) is 8.51. The fourth-order valence-corrected chi connectivity index (χ4v) is 6.83. The molecule has 12 heteroatoms. The molecule has 1 aromatic heterocycles. The number of hydrogen-bond acceptors (Lipinski definition) is 7. The van der Waals surface area contributed by atoms with Crippen molar-refractivity contribution in [3.05, 3.63) is 67.0 Å². The van der Waals surface area contributed by atoms with E-state index in [0.29, 0.717) is 50.6 Å². The van der Waals surface area contributed by atoms with E-state index in [4.69, 9.17) is 0 Å². The van der Waals surface area contributed by atoms with Crippen LogP contribution in [0.4, 0.5) is 5.69 Å². The number of piperidine rings is 2. The summed E-state index contributed by atoms with van der Waals surface area (Å²) in [5.74, 6) is -0.796. The minimum absolute atomic E-state index is 0.0489. The molecule has 2 aliphatic heterocycles. The van der Waals surface area contributed by atoms with Gasteiger partial charge in [0.15, 0.2) is 0 Å². The molecule has 44 heavy (non-hydrogen) atoms. The summed E-state index contributed by atoms with van der Waals surface area (Å²) in [4.78, 5) is 48.5. The molecule has 0 spiro atoms. The van der Waals surface area contributed by atoms with Crippen molar-refractivity contribution in [3.8, 4) is 0 Å². The van der Waals surface area contributed by atoms with Gasteiger partial charge in [-0.3, -0.25) is 24.3 Å². The molecule has 0 bridgehead atoms. The predicted molar refractivity (Wildman–Crippen MR) is 168 cm³/mol. The lowest BCUT2D eigenvalue weighted by molar-refractivity contribution is -0.136. The van der Waals surface area contributed by atoms with Crippen LogP contribution >= 0.6 is 0 Å². The normalized spacial score (nSPS) is 17.2. The maximum atomic E-state index is 14.1. The number of rotatable bonds is 10. The SMILES string of the molecule is CC1CCN(C(=O)C(CNC(=O)CNS(=O)(=O)c2ccc3ccccc3c2)N(C(=O)C2CCNCC2)c2ccncc2)CC1. The lowest BCUT2D eigenvalue weighted by Gasteiger charge is -2.39. The van der Waals surface area contributed by atoms with Crippen LogP contribution in [0.2, 0.25) is 0 Å². The lowest BCUT2D eigenvalue weighted by atomic mass is 9.94. The molecule has 5 rings (SSSR count). The summed E-state index contributed by atoms with van der Waals surface area (Å²) in [6, 6.07) is 14.6. The van der Waals surface area contributed by atoms with Crippen molar-refractivity contribution < 1.29 is 22.8 Å². The number of pyridine rings is 1. The van der Waals surface area contributed by atoms with E-state index in [1.54, 1.807) is 41.6 Å². The second-order valence-corrected chi connectivity index (χ2v) is 13.4. The molecule has 234 valence electrons. The van der Waals surface area contributed by atoms with Crippen LogP contribution in [-0.4, -0.2) is 81.3 Å². The Balaban J connectivity index is 1.33. The molecule has 2 aromatic carbocycles. The smallest absolute Gasteiger partial charge is 0.247 e. The summed E-state index contributed by atoms with van der Waals surface area (Å²) >= 11 is 0. The highest BCUT2D eigenvalue weighted by Crippen LogP contribution is 2.26. The van der Waals surface area contributed by atoms with Crippen LogP contribution in [0, 0.1) is 11.8 Å². The maximum Gasteiger partial charge on any atom is 0.247 e. The Labute approximate surface area is 258 Å². The van der Waals surface area contributed by atoms with Crippen molar-refractivity contribution in [3.63, 3.8) is 0 Å². The Morgan fingerprint density at radius 2 is 1.66 bits per heavy atom. The van der Waals surface area contributed by atoms with Crippen LogP contribution < -0.4 is 20.3 Å². The number of hydrogen-bond donors (Lipinski definition) is 3. The second kappa shape index (κ2) is 14.3. The van der Waals surface area contributed by atoms with E-state index in [1.165, 1.54) is 11.0 Å². The first-order valence-electron chi connectivity index (χ1n) is 15.2. The summed E-state index contributed by atoms with van der Waals surface area (Å²) in [7, 11) is -3.97. The molecule has 2 saturated heterocycles. The van der Waals surface area contributed by atoms with Gasteiger partial charge in [0.1, 0.15) is 6.04 Å². The van der Waals surface area contributed by atoms with Crippen molar-refractivity contribution in [2.45, 2.75) is 43.5 Å². The van der Waals surface area contributed by atoms with Crippen LogP contribution in [0.25, 0.3) is 10.8 Å². The van der Waals surface area contributed by atoms with E-state index in [0.717, 1.165) is 23.6 Å². The number of carbonyl (C=O) groups excluding carboxylic acids is 3. The Morgan fingerprint density at radius 1 is 0.977 bits per heavy atom. The zero-order valence-electron chi connectivity index (χ0n) is 24.9. The molecule has 3 aromatic rings. The number of benzene rings is 2. The van der Waals surface area contributed by atoms with Gasteiger partial charge in [0, 0.05) is 43.6 Å². The molecule has 0 aliphatic carbocycles. The Morgan fingerprint density at radius 3 is 2.36 bits per heavy atom. The van der Waals surface area contributed by atoms with Gasteiger partial charge in [-0.05, 0) is 79.7 Å². The number of fused-ring (bicyclic) bond motifs is 1. The number of amides is 3. The largest absolute Gasteiger partial charge is 0.352 e. The van der Waals surface area contributed by atoms with E-state index in [2.05, 4.69) is 27.3 Å². The summed E-state index contributed by atoms with van der Waals surface area (Å²) in [6.45, 7) is 4.02. The molecule has 1 unspecified atom stereocenters. The second-order valence-electron chi connectivity index (χ2n) is 11.6. The highest BCUT2D eigenvalue weighted by molar-refractivity contribution is 7.89. The maximum absolute atomic E-state index is 14.1. The monoisotopic (exact) mass is 620 g/mol. The van der Waals surface area contributed by atoms with E-state index in [9.17, 15) is 22.8 Å². The molecule has 3 amide bonds. The molecule has 1 atom stereocenters. The number of carbonyl (C=O) groups is 3. The van der Waals surface area contributed by atoms with E-state index < -0.39 is 28.5 Å². The fourth-order valence-electron chi connectivity index (χ4n) is 5.81. The predicted octanol–water partition coefficient (Wildman–Crippen LogP) is 2.29. The Kier molecular flexibility index (Phi) is 10.2. The Bertz CT molecular complexity index is 1570. The summed E-state index contributed by atoms with van der Waals surface area (Å²) in [6.07, 6.45) is 6.15. The van der Waals surface area contributed by atoms with Crippen molar-refractivity contribution in [2.75, 3.05) is 44.2 Å². The summed E-state index contributed by atoms with van der Waals surface area (Å²) in [5, 5.41) is 7.68. The molecule has 2 fully saturated rings. The third-order valence-corrected chi connectivity index (χ3v) is 9.90. The first-order valence-corrected chi connectivity index (χ1v) is 16.7. The summed E-state index contributed by atoms with van der Waals surface area (Å²) in [5.41, 5.74) is 0.526. The van der Waals surface area contributed by atoms with Crippen LogP contribution in [0.15, 0.2) is 71.9 Å². The zero-order valence-corrected chi connectivity index (χ0v) is 25.8. The molecule has 11 nitrogen and oxygen atoms in total. The Hall–Kier alpha value is -3.87. The van der Waals surface area contributed by atoms with Gasteiger partial charge in [-0.25, -0.2) is 13.1 Å². The van der Waals surface area contributed by atoms with Crippen molar-refractivity contribution in [1.29, 1.82) is 0 Å². The number of anilines is 1. The number of nitrogens with zero attached hydrogens (tertiary/aromatic N) is 3. The molecule has 3 N–H and O–H groups in total. The molecular weight excluding hydrogens is 580 g/mol. The molecule has 0 radical (unpaired) electrons. The molecule has 0 saturated carbocycles. The van der Waals surface area contributed by atoms with Gasteiger partial charge in [-0.15, -0.1) is 0 Å². The van der Waals surface area contributed by atoms with Gasteiger partial charge in [0.25, 0.3) is 0 Å². The lowest BCUT2D eigenvalue weighted by Crippen LogP contribution is -2.59. The highest BCUT2D eigenvalue weighted by atomic mass is 32.2. The minimum atomic E-state index is -3.97. The average Bonchev–Trinajstić information content (AvgIpc) is 3.06. The van der Waals surface area contributed by atoms with E-state index in [-0.39, 0.29) is 29.2 Å². The van der Waals surface area contributed by atoms with Crippen molar-refractivity contribution in [2.24, 2.45) is 11.8 Å². The van der Waals surface area contributed by atoms with Gasteiger partial charge in [-0.2, -0.15) is 0 Å². The molecule has 3 heterocycles.